The Morgan fingerprint density at radius 2 is 2.11 bits per heavy atom. The summed E-state index contributed by atoms with van der Waals surface area (Å²) in [5.41, 5.74) is 2.71. The van der Waals surface area contributed by atoms with Gasteiger partial charge in [0.05, 0.1) is 5.25 Å². The molecule has 0 radical (unpaired) electrons. The fourth-order valence-electron chi connectivity index (χ4n) is 2.42. The molecule has 0 N–H and O–H groups in total. The minimum Gasteiger partial charge on any atom is -0.337 e. The SMILES string of the molecule is CCCCSC(C)C(=O)N1CCc2ccccc2C1. The van der Waals surface area contributed by atoms with Gasteiger partial charge in [0, 0.05) is 13.1 Å². The van der Waals surface area contributed by atoms with Crippen molar-refractivity contribution in [1.29, 1.82) is 0 Å². The van der Waals surface area contributed by atoms with E-state index >= 15 is 0 Å². The zero-order valence-electron chi connectivity index (χ0n) is 11.9. The van der Waals surface area contributed by atoms with E-state index in [9.17, 15) is 4.79 Å². The topological polar surface area (TPSA) is 20.3 Å². The van der Waals surface area contributed by atoms with E-state index in [4.69, 9.17) is 0 Å². The van der Waals surface area contributed by atoms with Gasteiger partial charge in [0.25, 0.3) is 0 Å². The number of unbranched alkanes of at least 4 members (excludes halogenated alkanes) is 1. The number of carbonyl (C=O) groups excluding carboxylic acids is 1. The van der Waals surface area contributed by atoms with Crippen molar-refractivity contribution in [1.82, 2.24) is 4.90 Å². The second-order valence-corrected chi connectivity index (χ2v) is 6.59. The Hall–Kier alpha value is -0.960. The van der Waals surface area contributed by atoms with Crippen LogP contribution in [0.2, 0.25) is 0 Å². The Balaban J connectivity index is 1.91. The van der Waals surface area contributed by atoms with Crippen molar-refractivity contribution in [3.05, 3.63) is 35.4 Å². The summed E-state index contributed by atoms with van der Waals surface area (Å²) < 4.78 is 0. The molecule has 1 aromatic rings. The van der Waals surface area contributed by atoms with Gasteiger partial charge < -0.3 is 4.90 Å². The van der Waals surface area contributed by atoms with Crippen LogP contribution in [0.1, 0.15) is 37.8 Å². The van der Waals surface area contributed by atoms with E-state index < -0.39 is 0 Å². The van der Waals surface area contributed by atoms with Crippen molar-refractivity contribution in [2.45, 2.75) is 44.9 Å². The predicted octanol–water partition coefficient (Wildman–Crippen LogP) is 3.49. The van der Waals surface area contributed by atoms with E-state index in [0.717, 1.165) is 25.3 Å². The monoisotopic (exact) mass is 277 g/mol. The van der Waals surface area contributed by atoms with Gasteiger partial charge in [-0.1, -0.05) is 37.6 Å². The third-order valence-corrected chi connectivity index (χ3v) is 4.88. The molecule has 1 atom stereocenters. The lowest BCUT2D eigenvalue weighted by molar-refractivity contribution is -0.131. The minimum atomic E-state index is 0.0943. The molecule has 0 aliphatic carbocycles. The zero-order chi connectivity index (χ0) is 13.7. The summed E-state index contributed by atoms with van der Waals surface area (Å²) >= 11 is 1.79. The van der Waals surface area contributed by atoms with E-state index in [0.29, 0.717) is 5.91 Å². The molecule has 2 rings (SSSR count). The van der Waals surface area contributed by atoms with Crippen LogP contribution >= 0.6 is 11.8 Å². The van der Waals surface area contributed by atoms with Crippen LogP contribution in [-0.4, -0.2) is 28.4 Å². The quantitative estimate of drug-likeness (QED) is 0.768. The number of fused-ring (bicyclic) bond motifs is 1. The van der Waals surface area contributed by atoms with E-state index in [-0.39, 0.29) is 5.25 Å². The predicted molar refractivity (Wildman–Crippen MR) is 82.4 cm³/mol. The molecule has 0 saturated carbocycles. The fraction of sp³-hybridized carbons (Fsp3) is 0.562. The maximum atomic E-state index is 12.4. The number of rotatable bonds is 5. The molecule has 1 aromatic carbocycles. The molecule has 1 amide bonds. The molecule has 0 saturated heterocycles. The Morgan fingerprint density at radius 1 is 1.37 bits per heavy atom. The second-order valence-electron chi connectivity index (χ2n) is 5.15. The number of hydrogen-bond donors (Lipinski definition) is 0. The summed E-state index contributed by atoms with van der Waals surface area (Å²) in [5, 5.41) is 0.0943. The summed E-state index contributed by atoms with van der Waals surface area (Å²) in [6.07, 6.45) is 3.39. The van der Waals surface area contributed by atoms with E-state index in [2.05, 4.69) is 31.2 Å². The first-order valence-electron chi connectivity index (χ1n) is 7.19. The number of carbonyl (C=O) groups is 1. The summed E-state index contributed by atoms with van der Waals surface area (Å²) in [6.45, 7) is 5.89. The molecule has 3 heteroatoms. The van der Waals surface area contributed by atoms with Gasteiger partial charge >= 0.3 is 0 Å². The molecule has 1 unspecified atom stereocenters. The van der Waals surface area contributed by atoms with Crippen LogP contribution in [0.15, 0.2) is 24.3 Å². The maximum Gasteiger partial charge on any atom is 0.235 e. The molecule has 0 fully saturated rings. The standard InChI is InChI=1S/C16H23NOS/c1-3-4-11-19-13(2)16(18)17-10-9-14-7-5-6-8-15(14)12-17/h5-8,13H,3-4,9-12H2,1-2H3. The van der Waals surface area contributed by atoms with Crippen LogP contribution in [0.5, 0.6) is 0 Å². The van der Waals surface area contributed by atoms with Crippen LogP contribution in [0.4, 0.5) is 0 Å². The van der Waals surface area contributed by atoms with Crippen molar-refractivity contribution >= 4 is 17.7 Å². The number of amides is 1. The van der Waals surface area contributed by atoms with E-state index in [1.165, 1.54) is 24.0 Å². The van der Waals surface area contributed by atoms with Gasteiger partial charge in [0.1, 0.15) is 0 Å². The Bertz CT molecular complexity index is 433. The summed E-state index contributed by atoms with van der Waals surface area (Å²) in [4.78, 5) is 14.4. The molecule has 104 valence electrons. The van der Waals surface area contributed by atoms with Gasteiger partial charge in [-0.05, 0) is 36.6 Å². The highest BCUT2D eigenvalue weighted by Gasteiger charge is 2.24. The highest BCUT2D eigenvalue weighted by atomic mass is 32.2. The van der Waals surface area contributed by atoms with Crippen LogP contribution in [0.25, 0.3) is 0 Å². The normalized spacial score (nSPS) is 16.0. The molecular formula is C16H23NOS. The van der Waals surface area contributed by atoms with Gasteiger partial charge in [-0.2, -0.15) is 0 Å². The minimum absolute atomic E-state index is 0.0943. The lowest BCUT2D eigenvalue weighted by atomic mass is 10.00. The smallest absolute Gasteiger partial charge is 0.235 e. The van der Waals surface area contributed by atoms with Crippen molar-refractivity contribution in [3.63, 3.8) is 0 Å². The third-order valence-electron chi connectivity index (χ3n) is 3.66. The van der Waals surface area contributed by atoms with Crippen LogP contribution in [0, 0.1) is 0 Å². The van der Waals surface area contributed by atoms with Gasteiger partial charge in [0.2, 0.25) is 5.91 Å². The highest BCUT2D eigenvalue weighted by molar-refractivity contribution is 8.00. The molecular weight excluding hydrogens is 254 g/mol. The summed E-state index contributed by atoms with van der Waals surface area (Å²) in [7, 11) is 0. The lowest BCUT2D eigenvalue weighted by Gasteiger charge is -2.30. The van der Waals surface area contributed by atoms with Crippen molar-refractivity contribution in [2.75, 3.05) is 12.3 Å². The van der Waals surface area contributed by atoms with E-state index in [1.54, 1.807) is 11.8 Å². The molecule has 0 spiro atoms. The van der Waals surface area contributed by atoms with Gasteiger partial charge in [0.15, 0.2) is 0 Å². The first-order valence-corrected chi connectivity index (χ1v) is 8.24. The Morgan fingerprint density at radius 3 is 2.84 bits per heavy atom. The average Bonchev–Trinajstić information content (AvgIpc) is 2.46. The van der Waals surface area contributed by atoms with Gasteiger partial charge in [-0.15, -0.1) is 11.8 Å². The van der Waals surface area contributed by atoms with Crippen LogP contribution in [0.3, 0.4) is 0 Å². The number of benzene rings is 1. The van der Waals surface area contributed by atoms with Crippen molar-refractivity contribution in [3.8, 4) is 0 Å². The number of thioether (sulfide) groups is 1. The lowest BCUT2D eigenvalue weighted by Crippen LogP contribution is -2.40. The molecule has 19 heavy (non-hydrogen) atoms. The maximum absolute atomic E-state index is 12.4. The highest BCUT2D eigenvalue weighted by Crippen LogP contribution is 2.22. The Kier molecular flexibility index (Phi) is 5.32. The molecule has 1 aliphatic rings. The fourth-order valence-corrected chi connectivity index (χ4v) is 3.52. The Labute approximate surface area is 120 Å². The van der Waals surface area contributed by atoms with E-state index in [1.807, 2.05) is 11.8 Å². The van der Waals surface area contributed by atoms with Crippen molar-refractivity contribution in [2.24, 2.45) is 0 Å². The van der Waals surface area contributed by atoms with Crippen LogP contribution < -0.4 is 0 Å². The van der Waals surface area contributed by atoms with Gasteiger partial charge in [-0.25, -0.2) is 0 Å². The molecule has 1 heterocycles. The largest absolute Gasteiger partial charge is 0.337 e. The third kappa shape index (κ3) is 3.75. The van der Waals surface area contributed by atoms with Crippen LogP contribution in [-0.2, 0) is 17.8 Å². The average molecular weight is 277 g/mol. The number of nitrogens with zero attached hydrogens (tertiary/aromatic N) is 1. The second kappa shape index (κ2) is 6.99. The summed E-state index contributed by atoms with van der Waals surface area (Å²) in [6, 6.07) is 8.46. The molecule has 1 aliphatic heterocycles. The van der Waals surface area contributed by atoms with Gasteiger partial charge in [-0.3, -0.25) is 4.79 Å². The summed E-state index contributed by atoms with van der Waals surface area (Å²) in [5.74, 6) is 1.39. The first kappa shape index (κ1) is 14.4. The molecule has 0 aromatic heterocycles. The molecule has 0 bridgehead atoms. The first-order chi connectivity index (χ1) is 9.22. The number of hydrogen-bond acceptors (Lipinski definition) is 2. The van der Waals surface area contributed by atoms with Crippen molar-refractivity contribution < 1.29 is 4.79 Å². The zero-order valence-corrected chi connectivity index (χ0v) is 12.7. The molecule has 2 nitrogen and oxygen atoms in total.